The molecule has 41 heavy (non-hydrogen) atoms. The average molecular weight is 580 g/mol. The second-order valence-electron chi connectivity index (χ2n) is 12.8. The number of nitrogens with zero attached hydrogens (tertiary/aromatic N) is 3. The van der Waals surface area contributed by atoms with E-state index >= 15 is 0 Å². The van der Waals surface area contributed by atoms with E-state index < -0.39 is 28.8 Å². The van der Waals surface area contributed by atoms with Gasteiger partial charge in [-0.25, -0.2) is 4.98 Å². The van der Waals surface area contributed by atoms with Gasteiger partial charge in [-0.3, -0.25) is 14.4 Å². The van der Waals surface area contributed by atoms with Crippen molar-refractivity contribution in [1.29, 1.82) is 5.26 Å². The van der Waals surface area contributed by atoms with Gasteiger partial charge in [-0.15, -0.1) is 11.3 Å². The standard InChI is InChI=1S/C31H41N5O4S/c1-18(2)40-24-13-21(25-20(4)34-17-41-25)8-9-22(24)14-33-27(37)23-12-19(3)15-36(23)28(38)26(30(5,6)7)35-29(39)31(16-32)10-11-31/h8-9,13,17-19,23,26H,10-12,14-15H2,1-7H3,(H,33,37)(H,35,39)/t19-,23+,26-/m1/s1. The van der Waals surface area contributed by atoms with Crippen LogP contribution in [0.25, 0.3) is 10.4 Å². The van der Waals surface area contributed by atoms with Crippen molar-refractivity contribution < 1.29 is 19.1 Å². The first-order valence-corrected chi connectivity index (χ1v) is 15.1. The second kappa shape index (κ2) is 11.8. The van der Waals surface area contributed by atoms with Crippen molar-refractivity contribution in [2.24, 2.45) is 16.7 Å². The van der Waals surface area contributed by atoms with Gasteiger partial charge in [0.1, 0.15) is 23.2 Å². The van der Waals surface area contributed by atoms with Crippen molar-refractivity contribution in [2.45, 2.75) is 92.5 Å². The summed E-state index contributed by atoms with van der Waals surface area (Å²) in [7, 11) is 0. The molecule has 2 aromatic rings. The maximum Gasteiger partial charge on any atom is 0.246 e. The lowest BCUT2D eigenvalue weighted by molar-refractivity contribution is -0.144. The Morgan fingerprint density at radius 2 is 1.98 bits per heavy atom. The number of rotatable bonds is 9. The molecule has 220 valence electrons. The molecule has 2 fully saturated rings. The molecule has 10 heteroatoms. The fourth-order valence-electron chi connectivity index (χ4n) is 5.22. The zero-order chi connectivity index (χ0) is 30.1. The van der Waals surface area contributed by atoms with Gasteiger partial charge in [-0.05, 0) is 63.0 Å². The smallest absolute Gasteiger partial charge is 0.246 e. The summed E-state index contributed by atoms with van der Waals surface area (Å²) < 4.78 is 6.11. The third-order valence-corrected chi connectivity index (χ3v) is 8.75. The quantitative estimate of drug-likeness (QED) is 0.448. The van der Waals surface area contributed by atoms with Gasteiger partial charge >= 0.3 is 0 Å². The molecule has 1 aliphatic carbocycles. The Bertz CT molecular complexity index is 1350. The fraction of sp³-hybridized carbons (Fsp3) is 0.581. The Hall–Kier alpha value is -3.45. The zero-order valence-corrected chi connectivity index (χ0v) is 25.9. The van der Waals surface area contributed by atoms with Crippen molar-refractivity contribution in [3.63, 3.8) is 0 Å². The van der Waals surface area contributed by atoms with Crippen LogP contribution in [-0.4, -0.2) is 52.3 Å². The highest BCUT2D eigenvalue weighted by Crippen LogP contribution is 2.45. The maximum absolute atomic E-state index is 13.9. The van der Waals surface area contributed by atoms with Gasteiger partial charge in [0.25, 0.3) is 0 Å². The monoisotopic (exact) mass is 579 g/mol. The van der Waals surface area contributed by atoms with E-state index in [-0.39, 0.29) is 30.4 Å². The molecule has 1 aliphatic heterocycles. The average Bonchev–Trinajstić information content (AvgIpc) is 3.44. The highest BCUT2D eigenvalue weighted by Gasteiger charge is 2.53. The number of nitriles is 1. The van der Waals surface area contributed by atoms with Crippen LogP contribution >= 0.6 is 11.3 Å². The molecule has 2 aliphatic rings. The van der Waals surface area contributed by atoms with Crippen LogP contribution in [0.5, 0.6) is 5.75 Å². The molecule has 3 amide bonds. The van der Waals surface area contributed by atoms with Crippen LogP contribution in [0.2, 0.25) is 0 Å². The summed E-state index contributed by atoms with van der Waals surface area (Å²) in [4.78, 5) is 47.3. The molecule has 2 heterocycles. The maximum atomic E-state index is 13.9. The zero-order valence-electron chi connectivity index (χ0n) is 25.0. The largest absolute Gasteiger partial charge is 0.491 e. The predicted octanol–water partition coefficient (Wildman–Crippen LogP) is 4.59. The van der Waals surface area contributed by atoms with Gasteiger partial charge in [-0.2, -0.15) is 5.26 Å². The second-order valence-corrected chi connectivity index (χ2v) is 13.6. The Morgan fingerprint density at radius 3 is 2.54 bits per heavy atom. The molecule has 1 aromatic heterocycles. The number of benzene rings is 1. The van der Waals surface area contributed by atoms with Crippen LogP contribution in [0.4, 0.5) is 0 Å². The molecular formula is C31H41N5O4S. The number of amides is 3. The minimum atomic E-state index is -1.04. The first-order valence-electron chi connectivity index (χ1n) is 14.3. The Labute approximate surface area is 246 Å². The molecule has 0 radical (unpaired) electrons. The number of likely N-dealkylation sites (tertiary alicyclic amines) is 1. The summed E-state index contributed by atoms with van der Waals surface area (Å²) in [5, 5.41) is 15.4. The predicted molar refractivity (Wildman–Crippen MR) is 158 cm³/mol. The number of aromatic nitrogens is 1. The molecule has 4 rings (SSSR count). The van der Waals surface area contributed by atoms with E-state index in [2.05, 4.69) is 21.7 Å². The van der Waals surface area contributed by atoms with Crippen LogP contribution in [0.3, 0.4) is 0 Å². The highest BCUT2D eigenvalue weighted by molar-refractivity contribution is 7.13. The van der Waals surface area contributed by atoms with Gasteiger partial charge in [-0.1, -0.05) is 39.8 Å². The van der Waals surface area contributed by atoms with Gasteiger partial charge in [0.2, 0.25) is 17.7 Å². The molecule has 1 saturated carbocycles. The first kappa shape index (κ1) is 30.5. The number of carbonyl (C=O) groups excluding carboxylic acids is 3. The number of ether oxygens (including phenoxy) is 1. The summed E-state index contributed by atoms with van der Waals surface area (Å²) >= 11 is 1.57. The first-order chi connectivity index (χ1) is 19.3. The fourth-order valence-corrected chi connectivity index (χ4v) is 6.02. The van der Waals surface area contributed by atoms with Crippen molar-refractivity contribution in [3.8, 4) is 22.3 Å². The number of hydrogen-bond donors (Lipinski definition) is 2. The highest BCUT2D eigenvalue weighted by atomic mass is 32.1. The van der Waals surface area contributed by atoms with E-state index in [1.54, 1.807) is 16.2 Å². The van der Waals surface area contributed by atoms with Crippen LogP contribution < -0.4 is 15.4 Å². The summed E-state index contributed by atoms with van der Waals surface area (Å²) in [6, 6.07) is 6.55. The third kappa shape index (κ3) is 6.72. The molecule has 1 saturated heterocycles. The number of thiazole rings is 1. The lowest BCUT2D eigenvalue weighted by atomic mass is 9.85. The molecule has 0 unspecified atom stereocenters. The van der Waals surface area contributed by atoms with Crippen LogP contribution in [0.1, 0.15) is 72.1 Å². The molecule has 1 aromatic carbocycles. The van der Waals surface area contributed by atoms with E-state index in [0.717, 1.165) is 21.7 Å². The molecule has 0 spiro atoms. The number of aryl methyl sites for hydroxylation is 1. The van der Waals surface area contributed by atoms with E-state index in [9.17, 15) is 19.6 Å². The lowest BCUT2D eigenvalue weighted by Gasteiger charge is -2.35. The van der Waals surface area contributed by atoms with Crippen LogP contribution in [-0.2, 0) is 20.9 Å². The molecule has 2 N–H and O–H groups in total. The Balaban J connectivity index is 1.50. The number of hydrogen-bond acceptors (Lipinski definition) is 7. The van der Waals surface area contributed by atoms with Crippen LogP contribution in [0, 0.1) is 35.0 Å². The van der Waals surface area contributed by atoms with Gasteiger partial charge < -0.3 is 20.3 Å². The summed E-state index contributed by atoms with van der Waals surface area (Å²) in [5.74, 6) is -0.120. The number of nitrogens with one attached hydrogen (secondary N) is 2. The Kier molecular flexibility index (Phi) is 8.78. The normalized spacial score (nSPS) is 20.3. The summed E-state index contributed by atoms with van der Waals surface area (Å²) in [5.41, 5.74) is 2.98. The molecule has 3 atom stereocenters. The van der Waals surface area contributed by atoms with E-state index in [1.165, 1.54) is 0 Å². The molecule has 0 bridgehead atoms. The van der Waals surface area contributed by atoms with Crippen molar-refractivity contribution in [1.82, 2.24) is 20.5 Å². The number of carbonyl (C=O) groups is 3. The van der Waals surface area contributed by atoms with E-state index in [1.807, 2.05) is 72.2 Å². The summed E-state index contributed by atoms with van der Waals surface area (Å²) in [6.45, 7) is 14.2. The van der Waals surface area contributed by atoms with Crippen LogP contribution in [0.15, 0.2) is 23.7 Å². The van der Waals surface area contributed by atoms with Gasteiger partial charge in [0.15, 0.2) is 0 Å². The van der Waals surface area contributed by atoms with E-state index in [0.29, 0.717) is 31.6 Å². The molecule has 9 nitrogen and oxygen atoms in total. The topological polar surface area (TPSA) is 124 Å². The minimum Gasteiger partial charge on any atom is -0.491 e. The van der Waals surface area contributed by atoms with Crippen molar-refractivity contribution in [2.75, 3.05) is 6.54 Å². The third-order valence-electron chi connectivity index (χ3n) is 7.77. The van der Waals surface area contributed by atoms with Gasteiger partial charge in [0, 0.05) is 18.7 Å². The lowest BCUT2D eigenvalue weighted by Crippen LogP contribution is -2.58. The van der Waals surface area contributed by atoms with E-state index in [4.69, 9.17) is 4.74 Å². The minimum absolute atomic E-state index is 0.0496. The Morgan fingerprint density at radius 1 is 1.27 bits per heavy atom. The van der Waals surface area contributed by atoms with Crippen molar-refractivity contribution >= 4 is 29.1 Å². The van der Waals surface area contributed by atoms with Crippen molar-refractivity contribution in [3.05, 3.63) is 35.0 Å². The SMILES string of the molecule is Cc1ncsc1-c1ccc(CNC(=O)[C@@H]2C[C@@H](C)CN2C(=O)[C@@H](NC(=O)C2(C#N)CC2)C(C)(C)C)c(OC(C)C)c1. The summed E-state index contributed by atoms with van der Waals surface area (Å²) in [6.07, 6.45) is 1.48. The molecular weight excluding hydrogens is 538 g/mol. The van der Waals surface area contributed by atoms with Gasteiger partial charge in [0.05, 0.1) is 28.3 Å².